The topological polar surface area (TPSA) is 44.5 Å². The van der Waals surface area contributed by atoms with Gasteiger partial charge in [-0.15, -0.1) is 0 Å². The largest absolute Gasteiger partial charge is 0.491 e. The fourth-order valence-electron chi connectivity index (χ4n) is 1.51. The molecule has 0 aliphatic carbocycles. The summed E-state index contributed by atoms with van der Waals surface area (Å²) in [5.41, 5.74) is 6.31. The summed E-state index contributed by atoms with van der Waals surface area (Å²) in [5.74, 6) is -0.00844. The van der Waals surface area contributed by atoms with Crippen LogP contribution < -0.4 is 10.5 Å². The molecule has 0 spiro atoms. The predicted octanol–water partition coefficient (Wildman–Crippen LogP) is 2.13. The van der Waals surface area contributed by atoms with Crippen molar-refractivity contribution in [3.8, 4) is 5.75 Å². The second kappa shape index (κ2) is 8.03. The van der Waals surface area contributed by atoms with Crippen molar-refractivity contribution in [1.29, 1.82) is 0 Å². The van der Waals surface area contributed by atoms with Crippen LogP contribution in [0.3, 0.4) is 0 Å². The number of hydrogen-bond donors (Lipinski definition) is 1. The molecule has 0 aromatic heterocycles. The van der Waals surface area contributed by atoms with Crippen LogP contribution in [0.1, 0.15) is 18.4 Å². The van der Waals surface area contributed by atoms with E-state index >= 15 is 0 Å². The number of ether oxygens (including phenoxy) is 2. The van der Waals surface area contributed by atoms with Gasteiger partial charge in [0, 0.05) is 13.7 Å². The molecule has 3 nitrogen and oxygen atoms in total. The van der Waals surface area contributed by atoms with E-state index in [1.807, 2.05) is 6.07 Å². The van der Waals surface area contributed by atoms with Gasteiger partial charge in [0.15, 0.2) is 11.6 Å². The predicted molar refractivity (Wildman–Crippen MR) is 65.8 cm³/mol. The summed E-state index contributed by atoms with van der Waals surface area (Å²) < 4.78 is 23.8. The van der Waals surface area contributed by atoms with Crippen molar-refractivity contribution in [3.05, 3.63) is 29.6 Å². The Bertz CT molecular complexity index is 331. The minimum Gasteiger partial charge on any atom is -0.491 e. The second-order valence-electron chi connectivity index (χ2n) is 3.85. The molecule has 17 heavy (non-hydrogen) atoms. The lowest BCUT2D eigenvalue weighted by Gasteiger charge is -2.08. The van der Waals surface area contributed by atoms with Gasteiger partial charge in [0.2, 0.25) is 0 Å². The van der Waals surface area contributed by atoms with Crippen LogP contribution in [0, 0.1) is 5.82 Å². The van der Waals surface area contributed by atoms with Gasteiger partial charge in [0.05, 0.1) is 6.61 Å². The molecule has 96 valence electrons. The third-order valence-corrected chi connectivity index (χ3v) is 2.43. The minimum absolute atomic E-state index is 0.309. The highest BCUT2D eigenvalue weighted by atomic mass is 19.1. The Kier molecular flexibility index (Phi) is 6.58. The molecule has 0 fully saturated rings. The van der Waals surface area contributed by atoms with Gasteiger partial charge in [0.1, 0.15) is 0 Å². The van der Waals surface area contributed by atoms with Gasteiger partial charge >= 0.3 is 0 Å². The molecular weight excluding hydrogens is 221 g/mol. The summed E-state index contributed by atoms with van der Waals surface area (Å²) in [4.78, 5) is 0. The first-order chi connectivity index (χ1) is 8.27. The molecule has 0 aliphatic rings. The summed E-state index contributed by atoms with van der Waals surface area (Å²) in [6.45, 7) is 1.74. The molecule has 0 bridgehead atoms. The zero-order chi connectivity index (χ0) is 12.5. The first kappa shape index (κ1) is 13.9. The Hall–Kier alpha value is -1.13. The van der Waals surface area contributed by atoms with E-state index in [-0.39, 0.29) is 5.82 Å². The van der Waals surface area contributed by atoms with Crippen molar-refractivity contribution < 1.29 is 13.9 Å². The summed E-state index contributed by atoms with van der Waals surface area (Å²) in [6.07, 6.45) is 2.46. The quantitative estimate of drug-likeness (QED) is 0.709. The van der Waals surface area contributed by atoms with Crippen molar-refractivity contribution in [3.63, 3.8) is 0 Å². The van der Waals surface area contributed by atoms with E-state index in [1.165, 1.54) is 6.07 Å². The summed E-state index contributed by atoms with van der Waals surface area (Å²) in [5, 5.41) is 0. The zero-order valence-electron chi connectivity index (χ0n) is 10.2. The summed E-state index contributed by atoms with van der Waals surface area (Å²) >= 11 is 0. The second-order valence-corrected chi connectivity index (χ2v) is 3.85. The van der Waals surface area contributed by atoms with E-state index in [1.54, 1.807) is 13.2 Å². The Morgan fingerprint density at radius 3 is 2.65 bits per heavy atom. The van der Waals surface area contributed by atoms with Crippen molar-refractivity contribution >= 4 is 0 Å². The molecule has 1 aromatic carbocycles. The fourth-order valence-corrected chi connectivity index (χ4v) is 1.51. The zero-order valence-corrected chi connectivity index (χ0v) is 10.2. The summed E-state index contributed by atoms with van der Waals surface area (Å²) in [6, 6.07) is 4.99. The molecule has 0 atom stereocenters. The molecule has 0 unspecified atom stereocenters. The highest BCUT2D eigenvalue weighted by molar-refractivity contribution is 5.29. The van der Waals surface area contributed by atoms with Crippen LogP contribution in [0.25, 0.3) is 0 Å². The SMILES string of the molecule is COCCCCOc1ccc(CCN)cc1F. The van der Waals surface area contributed by atoms with Crippen LogP contribution in [0.2, 0.25) is 0 Å². The number of hydrogen-bond acceptors (Lipinski definition) is 3. The van der Waals surface area contributed by atoms with Gasteiger partial charge in [-0.3, -0.25) is 0 Å². The van der Waals surface area contributed by atoms with Crippen molar-refractivity contribution in [2.45, 2.75) is 19.3 Å². The Labute approximate surface area is 102 Å². The average molecular weight is 241 g/mol. The molecular formula is C13H20FNO2. The first-order valence-corrected chi connectivity index (χ1v) is 5.88. The maximum Gasteiger partial charge on any atom is 0.165 e. The number of nitrogens with two attached hydrogens (primary N) is 1. The normalized spacial score (nSPS) is 10.5. The van der Waals surface area contributed by atoms with E-state index in [2.05, 4.69) is 0 Å². The smallest absolute Gasteiger partial charge is 0.165 e. The molecule has 4 heteroatoms. The molecule has 1 rings (SSSR count). The minimum atomic E-state index is -0.317. The van der Waals surface area contributed by atoms with Crippen LogP contribution in [-0.4, -0.2) is 26.9 Å². The van der Waals surface area contributed by atoms with Crippen LogP contribution >= 0.6 is 0 Å². The molecule has 0 saturated carbocycles. The Balaban J connectivity index is 2.38. The van der Waals surface area contributed by atoms with E-state index in [0.29, 0.717) is 31.9 Å². The maximum absolute atomic E-state index is 13.6. The van der Waals surface area contributed by atoms with E-state index in [4.69, 9.17) is 15.2 Å². The van der Waals surface area contributed by atoms with Crippen LogP contribution in [0.4, 0.5) is 4.39 Å². The van der Waals surface area contributed by atoms with Crippen LogP contribution in [0.5, 0.6) is 5.75 Å². The van der Waals surface area contributed by atoms with Gasteiger partial charge in [0.25, 0.3) is 0 Å². The lowest BCUT2D eigenvalue weighted by molar-refractivity contribution is 0.183. The van der Waals surface area contributed by atoms with Gasteiger partial charge < -0.3 is 15.2 Å². The van der Waals surface area contributed by atoms with Gasteiger partial charge in [-0.1, -0.05) is 6.07 Å². The van der Waals surface area contributed by atoms with Crippen molar-refractivity contribution in [2.75, 3.05) is 26.9 Å². The van der Waals surface area contributed by atoms with Gasteiger partial charge in [-0.25, -0.2) is 4.39 Å². The van der Waals surface area contributed by atoms with Gasteiger partial charge in [-0.05, 0) is 43.5 Å². The first-order valence-electron chi connectivity index (χ1n) is 5.88. The van der Waals surface area contributed by atoms with Crippen molar-refractivity contribution in [1.82, 2.24) is 0 Å². The number of methoxy groups -OCH3 is 1. The standard InChI is InChI=1S/C13H20FNO2/c1-16-8-2-3-9-17-13-5-4-11(6-7-15)10-12(13)14/h4-5,10H,2-3,6-9,15H2,1H3. The molecule has 2 N–H and O–H groups in total. The third kappa shape index (κ3) is 5.15. The number of unbranched alkanes of at least 4 members (excludes halogenated alkanes) is 1. The number of benzene rings is 1. The Morgan fingerprint density at radius 1 is 1.24 bits per heavy atom. The molecule has 0 heterocycles. The fraction of sp³-hybridized carbons (Fsp3) is 0.538. The monoisotopic (exact) mass is 241 g/mol. The van der Waals surface area contributed by atoms with Crippen molar-refractivity contribution in [2.24, 2.45) is 5.73 Å². The van der Waals surface area contributed by atoms with Crippen LogP contribution in [0.15, 0.2) is 18.2 Å². The Morgan fingerprint density at radius 2 is 2.00 bits per heavy atom. The van der Waals surface area contributed by atoms with E-state index < -0.39 is 0 Å². The lowest BCUT2D eigenvalue weighted by Crippen LogP contribution is -2.04. The highest BCUT2D eigenvalue weighted by Crippen LogP contribution is 2.18. The van der Waals surface area contributed by atoms with E-state index in [9.17, 15) is 4.39 Å². The van der Waals surface area contributed by atoms with Crippen LogP contribution in [-0.2, 0) is 11.2 Å². The molecule has 1 aromatic rings. The molecule has 0 saturated heterocycles. The maximum atomic E-state index is 13.6. The highest BCUT2D eigenvalue weighted by Gasteiger charge is 2.04. The van der Waals surface area contributed by atoms with Gasteiger partial charge in [-0.2, -0.15) is 0 Å². The number of rotatable bonds is 8. The molecule has 0 amide bonds. The average Bonchev–Trinajstić information content (AvgIpc) is 2.32. The number of halogens is 1. The molecule has 0 aliphatic heterocycles. The lowest BCUT2D eigenvalue weighted by atomic mass is 10.1. The van der Waals surface area contributed by atoms with E-state index in [0.717, 1.165) is 18.4 Å². The third-order valence-electron chi connectivity index (χ3n) is 2.43. The summed E-state index contributed by atoms with van der Waals surface area (Å²) in [7, 11) is 1.66. The molecule has 0 radical (unpaired) electrons.